The summed E-state index contributed by atoms with van der Waals surface area (Å²) < 4.78 is 0. The molecule has 0 saturated carbocycles. The molecule has 90 valence electrons. The molecular formula is C11H14N4OS. The molecular weight excluding hydrogens is 236 g/mol. The summed E-state index contributed by atoms with van der Waals surface area (Å²) in [4.78, 5) is 19.0. The third-order valence-corrected chi connectivity index (χ3v) is 3.26. The average molecular weight is 250 g/mol. The predicted octanol–water partition coefficient (Wildman–Crippen LogP) is 1.46. The van der Waals surface area contributed by atoms with Crippen LogP contribution in [0.4, 0.5) is 11.5 Å². The maximum atomic E-state index is 11.3. The zero-order valence-electron chi connectivity index (χ0n) is 9.43. The normalized spacial score (nSPS) is 12.3. The lowest BCUT2D eigenvalue weighted by Gasteiger charge is -2.14. The van der Waals surface area contributed by atoms with E-state index in [2.05, 4.69) is 21.4 Å². The number of thiophene rings is 1. The van der Waals surface area contributed by atoms with Crippen LogP contribution in [0, 0.1) is 0 Å². The minimum absolute atomic E-state index is 0.130. The van der Waals surface area contributed by atoms with Crippen LogP contribution >= 0.6 is 11.3 Å². The number of aromatic nitrogens is 2. The topological polar surface area (TPSA) is 83.8 Å². The van der Waals surface area contributed by atoms with Crippen LogP contribution in [0.25, 0.3) is 0 Å². The third-order valence-electron chi connectivity index (χ3n) is 2.36. The molecule has 4 N–H and O–H groups in total. The van der Waals surface area contributed by atoms with Crippen molar-refractivity contribution in [3.8, 4) is 0 Å². The summed E-state index contributed by atoms with van der Waals surface area (Å²) >= 11 is 1.71. The summed E-state index contributed by atoms with van der Waals surface area (Å²) in [6.07, 6.45) is 2.23. The molecule has 0 aromatic carbocycles. The number of nitrogens with zero attached hydrogens (tertiary/aromatic N) is 1. The van der Waals surface area contributed by atoms with Gasteiger partial charge in [-0.1, -0.05) is 6.07 Å². The molecule has 0 aliphatic carbocycles. The van der Waals surface area contributed by atoms with Gasteiger partial charge in [0.1, 0.15) is 5.69 Å². The molecule has 0 fully saturated rings. The number of H-pyrrole nitrogens is 1. The molecule has 17 heavy (non-hydrogen) atoms. The van der Waals surface area contributed by atoms with Crippen molar-refractivity contribution in [1.29, 1.82) is 0 Å². The van der Waals surface area contributed by atoms with Crippen molar-refractivity contribution in [2.45, 2.75) is 19.4 Å². The van der Waals surface area contributed by atoms with Gasteiger partial charge in [0.2, 0.25) is 0 Å². The number of nitrogen functional groups attached to an aromatic ring is 1. The van der Waals surface area contributed by atoms with Crippen molar-refractivity contribution in [2.75, 3.05) is 11.1 Å². The number of aromatic amines is 1. The van der Waals surface area contributed by atoms with Gasteiger partial charge in [-0.05, 0) is 18.4 Å². The van der Waals surface area contributed by atoms with E-state index in [1.807, 2.05) is 18.4 Å². The molecule has 0 saturated heterocycles. The van der Waals surface area contributed by atoms with Gasteiger partial charge in [-0.25, -0.2) is 4.98 Å². The first kappa shape index (κ1) is 11.7. The highest BCUT2D eigenvalue weighted by atomic mass is 32.1. The molecule has 0 aliphatic rings. The Morgan fingerprint density at radius 1 is 1.65 bits per heavy atom. The van der Waals surface area contributed by atoms with Gasteiger partial charge in [-0.3, -0.25) is 4.79 Å². The largest absolute Gasteiger partial charge is 0.391 e. The fourth-order valence-corrected chi connectivity index (χ4v) is 2.38. The highest BCUT2D eigenvalue weighted by Crippen LogP contribution is 2.15. The Morgan fingerprint density at radius 2 is 2.47 bits per heavy atom. The van der Waals surface area contributed by atoms with Gasteiger partial charge in [0.25, 0.3) is 5.56 Å². The summed E-state index contributed by atoms with van der Waals surface area (Å²) in [6.45, 7) is 2.03. The lowest BCUT2D eigenvalue weighted by molar-refractivity contribution is 0.793. The number of nitrogens with one attached hydrogen (secondary N) is 2. The van der Waals surface area contributed by atoms with Crippen molar-refractivity contribution in [1.82, 2.24) is 9.97 Å². The van der Waals surface area contributed by atoms with Gasteiger partial charge < -0.3 is 16.0 Å². The van der Waals surface area contributed by atoms with Crippen molar-refractivity contribution < 1.29 is 0 Å². The zero-order chi connectivity index (χ0) is 12.3. The SMILES string of the molecule is CC(Cc1cccs1)Nc1nc[nH]c(=O)c1N. The van der Waals surface area contributed by atoms with Crippen LogP contribution < -0.4 is 16.6 Å². The average Bonchev–Trinajstić information content (AvgIpc) is 2.77. The van der Waals surface area contributed by atoms with Crippen LogP contribution in [0.15, 0.2) is 28.6 Å². The molecule has 0 bridgehead atoms. The summed E-state index contributed by atoms with van der Waals surface area (Å²) in [5, 5.41) is 5.18. The third kappa shape index (κ3) is 2.85. The van der Waals surface area contributed by atoms with Crippen LogP contribution in [-0.4, -0.2) is 16.0 Å². The monoisotopic (exact) mass is 250 g/mol. The molecule has 1 unspecified atom stereocenters. The minimum atomic E-state index is -0.314. The lowest BCUT2D eigenvalue weighted by atomic mass is 10.2. The van der Waals surface area contributed by atoms with Gasteiger partial charge in [-0.2, -0.15) is 0 Å². The molecule has 2 rings (SSSR count). The Morgan fingerprint density at radius 3 is 3.18 bits per heavy atom. The first-order chi connectivity index (χ1) is 8.16. The molecule has 2 aromatic heterocycles. The molecule has 0 amide bonds. The van der Waals surface area contributed by atoms with Gasteiger partial charge in [0.05, 0.1) is 6.33 Å². The Balaban J connectivity index is 2.05. The van der Waals surface area contributed by atoms with Crippen molar-refractivity contribution in [3.63, 3.8) is 0 Å². The standard InChI is InChI=1S/C11H14N4OS/c1-7(5-8-3-2-4-17-8)15-10-9(12)11(16)14-6-13-10/h2-4,6-7H,5,12H2,1H3,(H2,13,14,15,16). The second-order valence-electron chi connectivity index (χ2n) is 3.82. The number of rotatable bonds is 4. The second-order valence-corrected chi connectivity index (χ2v) is 4.86. The smallest absolute Gasteiger partial charge is 0.276 e. The summed E-state index contributed by atoms with van der Waals surface area (Å²) in [5.74, 6) is 0.442. The van der Waals surface area contributed by atoms with E-state index < -0.39 is 0 Å². The maximum Gasteiger partial charge on any atom is 0.276 e. The number of anilines is 2. The van der Waals surface area contributed by atoms with Crippen LogP contribution in [0.1, 0.15) is 11.8 Å². The lowest BCUT2D eigenvalue weighted by Crippen LogP contribution is -2.22. The van der Waals surface area contributed by atoms with E-state index >= 15 is 0 Å². The predicted molar refractivity (Wildman–Crippen MR) is 70.4 cm³/mol. The van der Waals surface area contributed by atoms with Crippen LogP contribution in [0.5, 0.6) is 0 Å². The van der Waals surface area contributed by atoms with E-state index in [9.17, 15) is 4.79 Å². The van der Waals surface area contributed by atoms with Gasteiger partial charge in [-0.15, -0.1) is 11.3 Å². The molecule has 0 radical (unpaired) electrons. The Kier molecular flexibility index (Phi) is 3.43. The highest BCUT2D eigenvalue weighted by Gasteiger charge is 2.09. The van der Waals surface area contributed by atoms with E-state index in [-0.39, 0.29) is 17.3 Å². The van der Waals surface area contributed by atoms with Crippen molar-refractivity contribution >= 4 is 22.8 Å². The Bertz CT molecular complexity index is 535. The number of hydrogen-bond acceptors (Lipinski definition) is 5. The Labute approximate surface area is 103 Å². The number of nitrogens with two attached hydrogens (primary N) is 1. The minimum Gasteiger partial charge on any atom is -0.391 e. The fraction of sp³-hybridized carbons (Fsp3) is 0.273. The molecule has 1 atom stereocenters. The molecule has 0 aliphatic heterocycles. The summed E-state index contributed by atoms with van der Waals surface area (Å²) in [7, 11) is 0. The maximum absolute atomic E-state index is 11.3. The van der Waals surface area contributed by atoms with Crippen LogP contribution in [-0.2, 0) is 6.42 Å². The second kappa shape index (κ2) is 5.01. The van der Waals surface area contributed by atoms with Crippen molar-refractivity contribution in [3.05, 3.63) is 39.1 Å². The highest BCUT2D eigenvalue weighted by molar-refractivity contribution is 7.09. The molecule has 0 spiro atoms. The molecule has 6 heteroatoms. The zero-order valence-corrected chi connectivity index (χ0v) is 10.3. The van der Waals surface area contributed by atoms with E-state index in [0.29, 0.717) is 5.82 Å². The first-order valence-corrected chi connectivity index (χ1v) is 6.17. The molecule has 2 heterocycles. The fourth-order valence-electron chi connectivity index (χ4n) is 1.54. The van der Waals surface area contributed by atoms with E-state index in [0.717, 1.165) is 6.42 Å². The molecule has 2 aromatic rings. The summed E-state index contributed by atoms with van der Waals surface area (Å²) in [5.41, 5.74) is 5.45. The van der Waals surface area contributed by atoms with Crippen LogP contribution in [0.2, 0.25) is 0 Å². The van der Waals surface area contributed by atoms with Gasteiger partial charge in [0, 0.05) is 17.3 Å². The van der Waals surface area contributed by atoms with E-state index in [1.165, 1.54) is 11.2 Å². The number of hydrogen-bond donors (Lipinski definition) is 3. The van der Waals surface area contributed by atoms with Crippen LogP contribution in [0.3, 0.4) is 0 Å². The van der Waals surface area contributed by atoms with Crippen molar-refractivity contribution in [2.24, 2.45) is 0 Å². The van der Waals surface area contributed by atoms with Gasteiger partial charge in [0.15, 0.2) is 5.82 Å². The quantitative estimate of drug-likeness (QED) is 0.767. The van der Waals surface area contributed by atoms with E-state index in [1.54, 1.807) is 11.3 Å². The summed E-state index contributed by atoms with van der Waals surface area (Å²) in [6, 6.07) is 4.27. The Hall–Kier alpha value is -1.82. The molecule has 5 nitrogen and oxygen atoms in total. The first-order valence-electron chi connectivity index (χ1n) is 5.29. The van der Waals surface area contributed by atoms with Gasteiger partial charge >= 0.3 is 0 Å². The van der Waals surface area contributed by atoms with E-state index in [4.69, 9.17) is 5.73 Å².